The van der Waals surface area contributed by atoms with E-state index in [-0.39, 0.29) is 18.7 Å². The summed E-state index contributed by atoms with van der Waals surface area (Å²) in [6, 6.07) is 10.4. The van der Waals surface area contributed by atoms with E-state index in [1.54, 1.807) is 36.4 Å². The number of primary amides is 1. The second-order valence-corrected chi connectivity index (χ2v) is 6.09. The van der Waals surface area contributed by atoms with Gasteiger partial charge in [0, 0.05) is 18.8 Å². The molecule has 3 N–H and O–H groups in total. The van der Waals surface area contributed by atoms with Gasteiger partial charge in [-0.25, -0.2) is 14.6 Å². The van der Waals surface area contributed by atoms with E-state index in [0.717, 1.165) is 5.56 Å². The number of halogens is 1. The fraction of sp³-hybridized carbons (Fsp3) is 0.111. The lowest BCUT2D eigenvalue weighted by Crippen LogP contribution is -2.28. The molecule has 0 saturated carbocycles. The fourth-order valence-corrected chi connectivity index (χ4v) is 2.53. The highest BCUT2D eigenvalue weighted by molar-refractivity contribution is 6.30. The number of ether oxygens (including phenoxy) is 1. The molecule has 0 aliphatic heterocycles. The summed E-state index contributed by atoms with van der Waals surface area (Å²) in [6.45, 7) is 0.123. The van der Waals surface area contributed by atoms with Gasteiger partial charge in [-0.1, -0.05) is 23.7 Å². The Bertz CT molecular complexity index is 1060. The Kier molecular flexibility index (Phi) is 5.37. The molecule has 0 radical (unpaired) electrons. The van der Waals surface area contributed by atoms with Crippen molar-refractivity contribution in [3.8, 4) is 0 Å². The molecule has 8 nitrogen and oxygen atoms in total. The van der Waals surface area contributed by atoms with E-state index >= 15 is 0 Å². The Morgan fingerprint density at radius 2 is 1.93 bits per heavy atom. The van der Waals surface area contributed by atoms with Crippen molar-refractivity contribution in [2.75, 3.05) is 0 Å². The number of nitrogens with zero attached hydrogens (tertiary/aromatic N) is 2. The number of esters is 1. The fourth-order valence-electron chi connectivity index (χ4n) is 2.37. The Labute approximate surface area is 158 Å². The van der Waals surface area contributed by atoms with Crippen LogP contribution in [0, 0.1) is 0 Å². The third kappa shape index (κ3) is 4.62. The Morgan fingerprint density at radius 1 is 1.19 bits per heavy atom. The molecule has 0 aliphatic carbocycles. The highest BCUT2D eigenvalue weighted by Crippen LogP contribution is 2.10. The SMILES string of the molecule is NC(=O)NCc1ccc(C(=O)OCc2cc(=O)n3cc(Cl)ccc3n2)cc1. The van der Waals surface area contributed by atoms with Crippen LogP contribution in [0.25, 0.3) is 5.65 Å². The molecule has 138 valence electrons. The van der Waals surface area contributed by atoms with Gasteiger partial charge in [-0.15, -0.1) is 0 Å². The number of nitrogens with two attached hydrogens (primary N) is 1. The van der Waals surface area contributed by atoms with Crippen LogP contribution in [0.1, 0.15) is 21.6 Å². The second-order valence-electron chi connectivity index (χ2n) is 5.65. The van der Waals surface area contributed by atoms with Crippen molar-refractivity contribution >= 4 is 29.2 Å². The minimum atomic E-state index is -0.625. The quantitative estimate of drug-likeness (QED) is 0.649. The summed E-state index contributed by atoms with van der Waals surface area (Å²) in [5.41, 5.74) is 6.54. The van der Waals surface area contributed by atoms with Crippen LogP contribution in [0.4, 0.5) is 4.79 Å². The molecule has 1 aromatic carbocycles. The number of carbonyl (C=O) groups excluding carboxylic acids is 2. The standard InChI is InChI=1S/C18H15ClN4O4/c19-13-5-6-15-22-14(7-16(24)23(15)9-13)10-27-17(25)12-3-1-11(2-4-12)8-21-18(20)26/h1-7,9H,8,10H2,(H3,20,21,26). The zero-order valence-electron chi connectivity index (χ0n) is 14.0. The van der Waals surface area contributed by atoms with Crippen molar-refractivity contribution in [3.63, 3.8) is 0 Å². The van der Waals surface area contributed by atoms with Crippen molar-refractivity contribution in [3.05, 3.63) is 80.9 Å². The summed E-state index contributed by atoms with van der Waals surface area (Å²) in [5.74, 6) is -0.553. The molecule has 0 fully saturated rings. The third-order valence-electron chi connectivity index (χ3n) is 3.68. The minimum absolute atomic E-state index is 0.141. The summed E-state index contributed by atoms with van der Waals surface area (Å²) in [5, 5.41) is 2.87. The lowest BCUT2D eigenvalue weighted by atomic mass is 10.1. The van der Waals surface area contributed by atoms with Crippen LogP contribution in [-0.4, -0.2) is 21.4 Å². The van der Waals surface area contributed by atoms with Gasteiger partial charge in [0.2, 0.25) is 0 Å². The number of rotatable bonds is 5. The largest absolute Gasteiger partial charge is 0.456 e. The summed E-state index contributed by atoms with van der Waals surface area (Å²) in [6.07, 6.45) is 1.47. The zero-order chi connectivity index (χ0) is 19.4. The number of aromatic nitrogens is 2. The molecular weight excluding hydrogens is 372 g/mol. The highest BCUT2D eigenvalue weighted by Gasteiger charge is 2.10. The zero-order valence-corrected chi connectivity index (χ0v) is 14.8. The number of hydrogen-bond donors (Lipinski definition) is 2. The number of amides is 2. The van der Waals surface area contributed by atoms with Gasteiger partial charge in [0.1, 0.15) is 12.3 Å². The van der Waals surface area contributed by atoms with E-state index in [0.29, 0.717) is 21.9 Å². The van der Waals surface area contributed by atoms with Crippen LogP contribution in [0.3, 0.4) is 0 Å². The molecule has 9 heteroatoms. The lowest BCUT2D eigenvalue weighted by molar-refractivity contribution is 0.0467. The van der Waals surface area contributed by atoms with Gasteiger partial charge < -0.3 is 15.8 Å². The number of hydrogen-bond acceptors (Lipinski definition) is 5. The molecular formula is C18H15ClN4O4. The number of benzene rings is 1. The highest BCUT2D eigenvalue weighted by atomic mass is 35.5. The van der Waals surface area contributed by atoms with E-state index in [1.165, 1.54) is 16.7 Å². The van der Waals surface area contributed by atoms with Gasteiger partial charge in [-0.3, -0.25) is 9.20 Å². The van der Waals surface area contributed by atoms with E-state index in [2.05, 4.69) is 10.3 Å². The van der Waals surface area contributed by atoms with Crippen molar-refractivity contribution in [1.82, 2.24) is 14.7 Å². The average Bonchev–Trinajstić information content (AvgIpc) is 2.65. The molecule has 3 aromatic rings. The van der Waals surface area contributed by atoms with Crippen LogP contribution in [-0.2, 0) is 17.9 Å². The summed E-state index contributed by atoms with van der Waals surface area (Å²) < 4.78 is 6.53. The van der Waals surface area contributed by atoms with E-state index in [1.807, 2.05) is 0 Å². The van der Waals surface area contributed by atoms with E-state index in [9.17, 15) is 14.4 Å². The van der Waals surface area contributed by atoms with E-state index < -0.39 is 12.0 Å². The van der Waals surface area contributed by atoms with Crippen molar-refractivity contribution in [2.45, 2.75) is 13.2 Å². The van der Waals surface area contributed by atoms with Gasteiger partial charge >= 0.3 is 12.0 Å². The normalized spacial score (nSPS) is 10.6. The molecule has 3 rings (SSSR count). The second kappa shape index (κ2) is 7.88. The third-order valence-corrected chi connectivity index (χ3v) is 3.91. The number of nitrogens with one attached hydrogen (secondary N) is 1. The molecule has 0 bridgehead atoms. The first-order valence-electron chi connectivity index (χ1n) is 7.89. The predicted molar refractivity (Wildman–Crippen MR) is 98.5 cm³/mol. The van der Waals surface area contributed by atoms with Crippen LogP contribution >= 0.6 is 11.6 Å². The number of carbonyl (C=O) groups is 2. The van der Waals surface area contributed by atoms with Crippen LogP contribution < -0.4 is 16.6 Å². The monoisotopic (exact) mass is 386 g/mol. The molecule has 2 amide bonds. The molecule has 0 saturated heterocycles. The Morgan fingerprint density at radius 3 is 2.63 bits per heavy atom. The first-order valence-corrected chi connectivity index (χ1v) is 8.27. The first kappa shape index (κ1) is 18.4. The summed E-state index contributed by atoms with van der Waals surface area (Å²) >= 11 is 5.86. The van der Waals surface area contributed by atoms with Crippen molar-refractivity contribution in [2.24, 2.45) is 5.73 Å². The number of urea groups is 1. The maximum Gasteiger partial charge on any atom is 0.338 e. The molecule has 2 aromatic heterocycles. The number of fused-ring (bicyclic) bond motifs is 1. The van der Waals surface area contributed by atoms with Crippen LogP contribution in [0.15, 0.2) is 53.5 Å². The van der Waals surface area contributed by atoms with Gasteiger partial charge in [0.05, 0.1) is 16.3 Å². The molecule has 27 heavy (non-hydrogen) atoms. The maximum atomic E-state index is 12.1. The topological polar surface area (TPSA) is 116 Å². The average molecular weight is 387 g/mol. The Balaban J connectivity index is 1.67. The first-order chi connectivity index (χ1) is 12.9. The van der Waals surface area contributed by atoms with Gasteiger partial charge in [0.25, 0.3) is 5.56 Å². The molecule has 0 atom stereocenters. The van der Waals surface area contributed by atoms with Crippen molar-refractivity contribution < 1.29 is 14.3 Å². The molecule has 0 aliphatic rings. The molecule has 0 unspecified atom stereocenters. The summed E-state index contributed by atoms with van der Waals surface area (Å²) in [7, 11) is 0. The molecule has 2 heterocycles. The molecule has 0 spiro atoms. The number of pyridine rings is 1. The van der Waals surface area contributed by atoms with Gasteiger partial charge in [-0.2, -0.15) is 0 Å². The van der Waals surface area contributed by atoms with Gasteiger partial charge in [0.15, 0.2) is 0 Å². The van der Waals surface area contributed by atoms with Gasteiger partial charge in [-0.05, 0) is 29.8 Å². The predicted octanol–water partition coefficient (Wildman–Crippen LogP) is 1.87. The smallest absolute Gasteiger partial charge is 0.338 e. The van der Waals surface area contributed by atoms with Crippen LogP contribution in [0.2, 0.25) is 5.02 Å². The lowest BCUT2D eigenvalue weighted by Gasteiger charge is -2.07. The Hall–Kier alpha value is -3.39. The summed E-state index contributed by atoms with van der Waals surface area (Å²) in [4.78, 5) is 39.2. The van der Waals surface area contributed by atoms with E-state index in [4.69, 9.17) is 22.1 Å². The van der Waals surface area contributed by atoms with Crippen LogP contribution in [0.5, 0.6) is 0 Å². The van der Waals surface area contributed by atoms with Crippen molar-refractivity contribution in [1.29, 1.82) is 0 Å². The maximum absolute atomic E-state index is 12.1. The minimum Gasteiger partial charge on any atom is -0.456 e.